The molecule has 0 heterocycles. The smallest absolute Gasteiger partial charge is 0.0591 e. The van der Waals surface area contributed by atoms with E-state index in [-0.39, 0.29) is 17.6 Å². The lowest BCUT2D eigenvalue weighted by atomic mass is 9.44. The minimum absolute atomic E-state index is 0.205. The van der Waals surface area contributed by atoms with Crippen molar-refractivity contribution in [2.45, 2.75) is 123 Å². The number of aliphatic hydroxyl groups is 3. The number of hydrogen-bond donors (Lipinski definition) is 3. The molecule has 174 valence electrons. The number of fused-ring (bicyclic) bond motifs is 5. The molecule has 4 rings (SSSR count). The first-order valence-corrected chi connectivity index (χ1v) is 13.0. The van der Waals surface area contributed by atoms with Crippen molar-refractivity contribution < 1.29 is 15.3 Å². The average molecular weight is 421 g/mol. The van der Waals surface area contributed by atoms with Crippen LogP contribution in [0.1, 0.15) is 105 Å². The van der Waals surface area contributed by atoms with Gasteiger partial charge in [-0.25, -0.2) is 0 Å². The van der Waals surface area contributed by atoms with Crippen molar-refractivity contribution in [3.8, 4) is 0 Å². The van der Waals surface area contributed by atoms with Crippen molar-refractivity contribution in [1.29, 1.82) is 0 Å². The Hall–Kier alpha value is -0.120. The largest absolute Gasteiger partial charge is 0.393 e. The van der Waals surface area contributed by atoms with Gasteiger partial charge in [-0.2, -0.15) is 0 Å². The lowest BCUT2D eigenvalue weighted by Gasteiger charge is -2.62. The number of aliphatic hydroxyl groups excluding tert-OH is 2. The van der Waals surface area contributed by atoms with Crippen LogP contribution in [0.2, 0.25) is 0 Å². The summed E-state index contributed by atoms with van der Waals surface area (Å²) in [6.07, 6.45) is 12.0. The molecule has 0 aromatic carbocycles. The fraction of sp³-hybridized carbons (Fsp3) is 1.00. The summed E-state index contributed by atoms with van der Waals surface area (Å²) in [6, 6.07) is 0. The molecule has 4 fully saturated rings. The summed E-state index contributed by atoms with van der Waals surface area (Å²) in [4.78, 5) is 0. The van der Waals surface area contributed by atoms with Gasteiger partial charge in [0, 0.05) is 0 Å². The molecule has 0 aliphatic heterocycles. The van der Waals surface area contributed by atoms with E-state index in [1.807, 2.05) is 13.8 Å². The molecule has 3 nitrogen and oxygen atoms in total. The fourth-order valence-electron chi connectivity index (χ4n) is 9.31. The lowest BCUT2D eigenvalue weighted by Crippen LogP contribution is -2.58. The summed E-state index contributed by atoms with van der Waals surface area (Å²) in [7, 11) is 0. The normalized spacial score (nSPS) is 49.8. The molecule has 10 atom stereocenters. The Morgan fingerprint density at radius 1 is 0.900 bits per heavy atom. The van der Waals surface area contributed by atoms with Gasteiger partial charge in [0.1, 0.15) is 0 Å². The van der Waals surface area contributed by atoms with Crippen molar-refractivity contribution in [3.63, 3.8) is 0 Å². The first-order valence-electron chi connectivity index (χ1n) is 13.0. The zero-order chi connectivity index (χ0) is 21.9. The Balaban J connectivity index is 1.48. The van der Waals surface area contributed by atoms with Crippen molar-refractivity contribution in [2.75, 3.05) is 0 Å². The molecule has 0 amide bonds. The zero-order valence-electron chi connectivity index (χ0n) is 20.2. The summed E-state index contributed by atoms with van der Waals surface area (Å²) in [5.41, 5.74) is 0.101. The van der Waals surface area contributed by atoms with E-state index >= 15 is 0 Å². The molecule has 0 bridgehead atoms. The van der Waals surface area contributed by atoms with Crippen LogP contribution < -0.4 is 0 Å². The van der Waals surface area contributed by atoms with E-state index in [1.54, 1.807) is 0 Å². The summed E-state index contributed by atoms with van der Waals surface area (Å²) < 4.78 is 0. The van der Waals surface area contributed by atoms with Crippen LogP contribution in [0, 0.1) is 46.3 Å². The minimum atomic E-state index is -0.544. The summed E-state index contributed by atoms with van der Waals surface area (Å²) >= 11 is 0. The van der Waals surface area contributed by atoms with Crippen molar-refractivity contribution >= 4 is 0 Å². The molecule has 4 saturated carbocycles. The topological polar surface area (TPSA) is 60.7 Å². The standard InChI is InChI=1S/C27H48O3/c1-17(7-6-12-25(2,3)30)20-8-9-21-19-16-24(29)23-15-18(28)10-13-27(23,5)22(19)11-14-26(20,21)4/h17-24,28-30H,6-16H2,1-5H3/t17-,18+,19+,20-,21+,22+,23?,24?,26-,27-/m1/s1. The molecule has 30 heavy (non-hydrogen) atoms. The van der Waals surface area contributed by atoms with Gasteiger partial charge in [-0.15, -0.1) is 0 Å². The third-order valence-electron chi connectivity index (χ3n) is 10.9. The molecule has 3 heteroatoms. The highest BCUT2D eigenvalue weighted by molar-refractivity contribution is 5.11. The third-order valence-corrected chi connectivity index (χ3v) is 10.9. The highest BCUT2D eigenvalue weighted by Crippen LogP contribution is 2.68. The van der Waals surface area contributed by atoms with Crippen molar-refractivity contribution in [2.24, 2.45) is 46.3 Å². The van der Waals surface area contributed by atoms with Crippen LogP contribution in [-0.2, 0) is 0 Å². The van der Waals surface area contributed by atoms with Gasteiger partial charge in [0.15, 0.2) is 0 Å². The predicted molar refractivity (Wildman–Crippen MR) is 122 cm³/mol. The number of rotatable bonds is 5. The molecule has 4 aliphatic rings. The van der Waals surface area contributed by atoms with Crippen LogP contribution in [0.25, 0.3) is 0 Å². The average Bonchev–Trinajstić information content (AvgIpc) is 3.00. The molecule has 0 aromatic rings. The monoisotopic (exact) mass is 420 g/mol. The first kappa shape index (κ1) is 23.1. The van der Waals surface area contributed by atoms with E-state index in [9.17, 15) is 15.3 Å². The minimum Gasteiger partial charge on any atom is -0.393 e. The second-order valence-electron chi connectivity index (χ2n) is 13.1. The van der Waals surface area contributed by atoms with Crippen LogP contribution in [0.15, 0.2) is 0 Å². The van der Waals surface area contributed by atoms with Gasteiger partial charge < -0.3 is 15.3 Å². The van der Waals surface area contributed by atoms with Gasteiger partial charge in [-0.05, 0) is 118 Å². The molecule has 0 saturated heterocycles. The maximum atomic E-state index is 11.2. The second kappa shape index (κ2) is 8.03. The van der Waals surface area contributed by atoms with E-state index in [2.05, 4.69) is 20.8 Å². The van der Waals surface area contributed by atoms with E-state index in [0.717, 1.165) is 62.2 Å². The summed E-state index contributed by atoms with van der Waals surface area (Å²) in [5, 5.41) is 31.5. The van der Waals surface area contributed by atoms with Gasteiger partial charge >= 0.3 is 0 Å². The quantitative estimate of drug-likeness (QED) is 0.546. The Morgan fingerprint density at radius 3 is 2.27 bits per heavy atom. The molecule has 4 aliphatic carbocycles. The molecular formula is C27H48O3. The summed E-state index contributed by atoms with van der Waals surface area (Å²) in [5.74, 6) is 3.98. The van der Waals surface area contributed by atoms with Crippen LogP contribution >= 0.6 is 0 Å². The fourth-order valence-corrected chi connectivity index (χ4v) is 9.31. The Labute approximate surface area is 185 Å². The Bertz CT molecular complexity index is 612. The van der Waals surface area contributed by atoms with E-state index in [1.165, 1.54) is 32.1 Å². The molecule has 0 spiro atoms. The molecule has 0 aromatic heterocycles. The van der Waals surface area contributed by atoms with Crippen LogP contribution in [0.5, 0.6) is 0 Å². The Kier molecular flexibility index (Phi) is 6.17. The maximum absolute atomic E-state index is 11.2. The van der Waals surface area contributed by atoms with Crippen molar-refractivity contribution in [1.82, 2.24) is 0 Å². The molecular weight excluding hydrogens is 372 g/mol. The molecule has 2 unspecified atom stereocenters. The van der Waals surface area contributed by atoms with Crippen molar-refractivity contribution in [3.05, 3.63) is 0 Å². The third kappa shape index (κ3) is 3.90. The van der Waals surface area contributed by atoms with Gasteiger partial charge in [-0.1, -0.05) is 33.6 Å². The molecule has 3 N–H and O–H groups in total. The zero-order valence-corrected chi connectivity index (χ0v) is 20.2. The van der Waals surface area contributed by atoms with Gasteiger partial charge in [0.2, 0.25) is 0 Å². The SMILES string of the molecule is C[C@H](CCCC(C)(C)O)[C@H]1CC[C@H]2[C@@H]3CC(O)C4C[C@@H](O)CC[C@]4(C)[C@H]3CC[C@]12C. The lowest BCUT2D eigenvalue weighted by molar-refractivity contribution is -0.172. The van der Waals surface area contributed by atoms with Gasteiger partial charge in [0.25, 0.3) is 0 Å². The van der Waals surface area contributed by atoms with Gasteiger partial charge in [0.05, 0.1) is 17.8 Å². The van der Waals surface area contributed by atoms with E-state index in [4.69, 9.17) is 0 Å². The summed E-state index contributed by atoms with van der Waals surface area (Å²) in [6.45, 7) is 11.4. The van der Waals surface area contributed by atoms with Crippen LogP contribution in [-0.4, -0.2) is 33.1 Å². The van der Waals surface area contributed by atoms with Crippen LogP contribution in [0.3, 0.4) is 0 Å². The highest BCUT2D eigenvalue weighted by Gasteiger charge is 2.62. The maximum Gasteiger partial charge on any atom is 0.0591 e. The van der Waals surface area contributed by atoms with E-state index in [0.29, 0.717) is 17.3 Å². The second-order valence-corrected chi connectivity index (χ2v) is 13.1. The van der Waals surface area contributed by atoms with Crippen LogP contribution in [0.4, 0.5) is 0 Å². The van der Waals surface area contributed by atoms with E-state index < -0.39 is 5.60 Å². The first-order chi connectivity index (χ1) is 14.0. The van der Waals surface area contributed by atoms with Gasteiger partial charge in [-0.3, -0.25) is 0 Å². The molecule has 0 radical (unpaired) electrons. The highest BCUT2D eigenvalue weighted by atomic mass is 16.3. The number of hydrogen-bond acceptors (Lipinski definition) is 3. The predicted octanol–water partition coefficient (Wildman–Crippen LogP) is 5.55. The Morgan fingerprint density at radius 2 is 1.57 bits per heavy atom.